The number of carbonyl (C=O) groups is 1. The number of carbonyl (C=O) groups excluding carboxylic acids is 1. The minimum atomic E-state index is -1.02. The molecule has 0 aliphatic heterocycles. The Balaban J connectivity index is 1.80. The van der Waals surface area contributed by atoms with Gasteiger partial charge in [-0.25, -0.2) is 0 Å². The summed E-state index contributed by atoms with van der Waals surface area (Å²) in [5, 5.41) is 12.0. The minimum absolute atomic E-state index is 0.262. The molecule has 0 radical (unpaired) electrons. The number of aliphatic hydroxyl groups is 1. The summed E-state index contributed by atoms with van der Waals surface area (Å²) in [6.45, 7) is 6.42. The molecule has 3 aliphatic carbocycles. The average molecular weight is 346 g/mol. The summed E-state index contributed by atoms with van der Waals surface area (Å²) in [6, 6.07) is 2.11. The van der Waals surface area contributed by atoms with Crippen molar-refractivity contribution in [1.29, 1.82) is 0 Å². The summed E-state index contributed by atoms with van der Waals surface area (Å²) in [5.41, 5.74) is -0.805. The Morgan fingerprint density at radius 1 is 1.32 bits per heavy atom. The lowest BCUT2D eigenvalue weighted by atomic mass is 9.41. The monoisotopic (exact) mass is 346 g/mol. The van der Waals surface area contributed by atoms with Crippen molar-refractivity contribution in [2.45, 2.75) is 70.8 Å². The van der Waals surface area contributed by atoms with Gasteiger partial charge in [0.15, 0.2) is 0 Å². The first-order chi connectivity index (χ1) is 11.8. The lowest BCUT2D eigenvalue weighted by Crippen LogP contribution is -2.69. The molecular weight excluding hydrogens is 316 g/mol. The van der Waals surface area contributed by atoms with Gasteiger partial charge >= 0.3 is 5.97 Å². The Kier molecular flexibility index (Phi) is 3.67. The van der Waals surface area contributed by atoms with Crippen molar-refractivity contribution in [3.8, 4) is 0 Å². The molecule has 1 heterocycles. The van der Waals surface area contributed by atoms with Crippen LogP contribution in [-0.2, 0) is 16.0 Å². The number of ether oxygens (including phenoxy) is 1. The van der Waals surface area contributed by atoms with Crippen LogP contribution in [0.2, 0.25) is 0 Å². The fourth-order valence-electron chi connectivity index (χ4n) is 6.78. The lowest BCUT2D eigenvalue weighted by molar-refractivity contribution is -0.248. The summed E-state index contributed by atoms with van der Waals surface area (Å²) in [6.07, 6.45) is 6.90. The van der Waals surface area contributed by atoms with E-state index >= 15 is 0 Å². The SMILES string of the molecule is COC(=O)C1(C)CCCC2(C)C3Cc4occc4C(C)C3CCC12O. The number of rotatable bonds is 1. The van der Waals surface area contributed by atoms with Crippen molar-refractivity contribution in [2.75, 3.05) is 7.11 Å². The summed E-state index contributed by atoms with van der Waals surface area (Å²) in [4.78, 5) is 12.7. The van der Waals surface area contributed by atoms with Crippen LogP contribution in [0.3, 0.4) is 0 Å². The highest BCUT2D eigenvalue weighted by Crippen LogP contribution is 2.67. The van der Waals surface area contributed by atoms with E-state index in [2.05, 4.69) is 19.9 Å². The van der Waals surface area contributed by atoms with Gasteiger partial charge in [-0.15, -0.1) is 0 Å². The molecular formula is C21H30O4. The Morgan fingerprint density at radius 3 is 2.80 bits per heavy atom. The van der Waals surface area contributed by atoms with E-state index in [4.69, 9.17) is 9.15 Å². The molecule has 4 nitrogen and oxygen atoms in total. The van der Waals surface area contributed by atoms with E-state index in [1.807, 2.05) is 6.92 Å². The molecule has 0 aromatic carbocycles. The lowest BCUT2D eigenvalue weighted by Gasteiger charge is -2.65. The molecule has 1 N–H and O–H groups in total. The van der Waals surface area contributed by atoms with Crippen LogP contribution in [0.1, 0.15) is 70.1 Å². The van der Waals surface area contributed by atoms with Gasteiger partial charge in [-0.1, -0.05) is 20.3 Å². The van der Waals surface area contributed by atoms with Gasteiger partial charge in [0, 0.05) is 11.8 Å². The van der Waals surface area contributed by atoms with Crippen molar-refractivity contribution in [2.24, 2.45) is 22.7 Å². The molecule has 2 saturated carbocycles. The second-order valence-corrected chi connectivity index (χ2v) is 9.06. The van der Waals surface area contributed by atoms with Crippen molar-refractivity contribution in [3.63, 3.8) is 0 Å². The maximum Gasteiger partial charge on any atom is 0.314 e. The molecule has 6 atom stereocenters. The van der Waals surface area contributed by atoms with Crippen molar-refractivity contribution < 1.29 is 19.1 Å². The Hall–Kier alpha value is -1.29. The highest BCUT2D eigenvalue weighted by molar-refractivity contribution is 5.78. The van der Waals surface area contributed by atoms with E-state index in [1.54, 1.807) is 6.26 Å². The second-order valence-electron chi connectivity index (χ2n) is 9.06. The normalized spacial score (nSPS) is 45.9. The molecule has 0 bridgehead atoms. The van der Waals surface area contributed by atoms with Crippen LogP contribution in [0.5, 0.6) is 0 Å². The van der Waals surface area contributed by atoms with Gasteiger partial charge in [-0.05, 0) is 62.0 Å². The molecule has 4 heteroatoms. The first kappa shape index (κ1) is 17.1. The van der Waals surface area contributed by atoms with Gasteiger partial charge in [-0.2, -0.15) is 0 Å². The predicted octanol–water partition coefficient (Wildman–Crippen LogP) is 4.07. The standard InChI is InChI=1S/C21H30O4/c1-13-14-6-10-21(23)19(2,8-5-9-20(21,3)18(22)24-4)16(14)12-17-15(13)7-11-25-17/h7,11,13-14,16,23H,5-6,8-10,12H2,1-4H3. The van der Waals surface area contributed by atoms with Crippen molar-refractivity contribution in [3.05, 3.63) is 23.7 Å². The molecule has 3 aliphatic rings. The van der Waals surface area contributed by atoms with Gasteiger partial charge in [-0.3, -0.25) is 4.79 Å². The van der Waals surface area contributed by atoms with Crippen molar-refractivity contribution in [1.82, 2.24) is 0 Å². The van der Waals surface area contributed by atoms with E-state index < -0.39 is 11.0 Å². The van der Waals surface area contributed by atoms with Crippen LogP contribution in [-0.4, -0.2) is 23.8 Å². The third-order valence-electron chi connectivity index (χ3n) is 8.36. The first-order valence-electron chi connectivity index (χ1n) is 9.65. The topological polar surface area (TPSA) is 59.7 Å². The molecule has 25 heavy (non-hydrogen) atoms. The molecule has 138 valence electrons. The molecule has 1 aromatic rings. The van der Waals surface area contributed by atoms with E-state index in [1.165, 1.54) is 12.7 Å². The largest absolute Gasteiger partial charge is 0.469 e. The zero-order valence-corrected chi connectivity index (χ0v) is 15.8. The number of hydrogen-bond acceptors (Lipinski definition) is 4. The van der Waals surface area contributed by atoms with Gasteiger partial charge in [0.1, 0.15) is 5.76 Å². The van der Waals surface area contributed by atoms with Crippen LogP contribution in [0.4, 0.5) is 0 Å². The number of methoxy groups -OCH3 is 1. The predicted molar refractivity (Wildman–Crippen MR) is 94.1 cm³/mol. The molecule has 0 amide bonds. The van der Waals surface area contributed by atoms with Crippen molar-refractivity contribution >= 4 is 5.97 Å². The smallest absolute Gasteiger partial charge is 0.314 e. The minimum Gasteiger partial charge on any atom is -0.469 e. The van der Waals surface area contributed by atoms with Crippen LogP contribution in [0, 0.1) is 22.7 Å². The Bertz CT molecular complexity index is 694. The number of hydrogen-bond donors (Lipinski definition) is 1. The molecule has 6 unspecified atom stereocenters. The van der Waals surface area contributed by atoms with E-state index in [9.17, 15) is 9.90 Å². The Morgan fingerprint density at radius 2 is 2.08 bits per heavy atom. The number of fused-ring (bicyclic) bond motifs is 4. The molecule has 0 spiro atoms. The number of esters is 1. The number of furan rings is 1. The summed E-state index contributed by atoms with van der Waals surface area (Å²) >= 11 is 0. The molecule has 2 fully saturated rings. The second kappa shape index (κ2) is 5.35. The molecule has 0 saturated heterocycles. The van der Waals surface area contributed by atoms with E-state index in [-0.39, 0.29) is 11.4 Å². The van der Waals surface area contributed by atoms with Crippen LogP contribution in [0.25, 0.3) is 0 Å². The Labute approximate surface area is 149 Å². The highest BCUT2D eigenvalue weighted by Gasteiger charge is 2.69. The first-order valence-corrected chi connectivity index (χ1v) is 9.65. The zero-order valence-electron chi connectivity index (χ0n) is 15.8. The van der Waals surface area contributed by atoms with Crippen LogP contribution in [0.15, 0.2) is 16.7 Å². The van der Waals surface area contributed by atoms with E-state index in [0.29, 0.717) is 30.6 Å². The maximum absolute atomic E-state index is 12.7. The fraction of sp³-hybridized carbons (Fsp3) is 0.762. The highest BCUT2D eigenvalue weighted by atomic mass is 16.5. The van der Waals surface area contributed by atoms with Gasteiger partial charge in [0.25, 0.3) is 0 Å². The molecule has 1 aromatic heterocycles. The summed E-state index contributed by atoms with van der Waals surface area (Å²) in [7, 11) is 1.44. The summed E-state index contributed by atoms with van der Waals surface area (Å²) in [5.74, 6) is 2.13. The third kappa shape index (κ3) is 1.95. The molecule has 4 rings (SSSR count). The average Bonchev–Trinajstić information content (AvgIpc) is 3.06. The fourth-order valence-corrected chi connectivity index (χ4v) is 6.78. The zero-order chi connectivity index (χ0) is 18.0. The van der Waals surface area contributed by atoms with Gasteiger partial charge < -0.3 is 14.3 Å². The van der Waals surface area contributed by atoms with Crippen LogP contribution < -0.4 is 0 Å². The summed E-state index contributed by atoms with van der Waals surface area (Å²) < 4.78 is 10.9. The van der Waals surface area contributed by atoms with Gasteiger partial charge in [0.05, 0.1) is 24.4 Å². The van der Waals surface area contributed by atoms with E-state index in [0.717, 1.165) is 31.4 Å². The maximum atomic E-state index is 12.7. The quantitative estimate of drug-likeness (QED) is 0.779. The third-order valence-corrected chi connectivity index (χ3v) is 8.36. The van der Waals surface area contributed by atoms with Gasteiger partial charge in [0.2, 0.25) is 0 Å². The van der Waals surface area contributed by atoms with Crippen LogP contribution >= 0.6 is 0 Å².